The summed E-state index contributed by atoms with van der Waals surface area (Å²) in [4.78, 5) is 12.4. The van der Waals surface area contributed by atoms with Gasteiger partial charge in [-0.05, 0) is 50.8 Å². The topological polar surface area (TPSA) is 50.4 Å². The molecule has 2 aliphatic rings. The fraction of sp³-hybridized carbons (Fsp3) is 0.650. The quantitative estimate of drug-likeness (QED) is 0.796. The summed E-state index contributed by atoms with van der Waals surface area (Å²) in [6.07, 6.45) is 6.23. The van der Waals surface area contributed by atoms with Crippen molar-refractivity contribution < 1.29 is 13.9 Å². The third-order valence-electron chi connectivity index (χ3n) is 5.91. The van der Waals surface area contributed by atoms with E-state index in [1.54, 1.807) is 12.1 Å². The Labute approximate surface area is 149 Å². The molecule has 2 fully saturated rings. The van der Waals surface area contributed by atoms with Gasteiger partial charge in [-0.2, -0.15) is 0 Å². The molecule has 1 spiro atoms. The summed E-state index contributed by atoms with van der Waals surface area (Å²) in [6, 6.07) is 6.33. The third-order valence-corrected chi connectivity index (χ3v) is 5.91. The van der Waals surface area contributed by atoms with Crippen molar-refractivity contribution in [3.05, 3.63) is 35.6 Å². The Hall–Kier alpha value is -1.46. The van der Waals surface area contributed by atoms with Gasteiger partial charge < -0.3 is 15.4 Å². The third kappa shape index (κ3) is 3.87. The van der Waals surface area contributed by atoms with Crippen LogP contribution in [0.25, 0.3) is 0 Å². The summed E-state index contributed by atoms with van der Waals surface area (Å²) >= 11 is 0. The molecule has 0 bridgehead atoms. The van der Waals surface area contributed by atoms with Crippen LogP contribution in [0.1, 0.15) is 51.5 Å². The van der Waals surface area contributed by atoms with E-state index in [-0.39, 0.29) is 23.2 Å². The van der Waals surface area contributed by atoms with Gasteiger partial charge in [-0.3, -0.25) is 4.79 Å². The van der Waals surface area contributed by atoms with Crippen LogP contribution in [0.5, 0.6) is 0 Å². The van der Waals surface area contributed by atoms with E-state index in [0.717, 1.165) is 18.6 Å². The molecular weight excluding hydrogens is 319 g/mol. The van der Waals surface area contributed by atoms with Crippen LogP contribution >= 0.6 is 0 Å². The summed E-state index contributed by atoms with van der Waals surface area (Å²) in [6.45, 7) is 5.14. The molecule has 2 N–H and O–H groups in total. The van der Waals surface area contributed by atoms with Gasteiger partial charge in [0, 0.05) is 24.6 Å². The van der Waals surface area contributed by atoms with Crippen LogP contribution in [-0.2, 0) is 16.1 Å². The summed E-state index contributed by atoms with van der Waals surface area (Å²) in [5, 5.41) is 6.46. The molecule has 4 nitrogen and oxygen atoms in total. The maximum atomic E-state index is 12.9. The monoisotopic (exact) mass is 348 g/mol. The predicted octanol–water partition coefficient (Wildman–Crippen LogP) is 3.16. The SMILES string of the molecule is CCO[C@@H]1C[C@@H](N[C@H](C)C(=O)NCc2ccc(F)cc2)C12CCCC2. The van der Waals surface area contributed by atoms with E-state index in [1.807, 2.05) is 6.92 Å². The number of nitrogens with one attached hydrogen (secondary N) is 2. The second-order valence-electron chi connectivity index (χ2n) is 7.41. The average molecular weight is 348 g/mol. The second kappa shape index (κ2) is 7.83. The van der Waals surface area contributed by atoms with Crippen molar-refractivity contribution in [1.82, 2.24) is 10.6 Å². The lowest BCUT2D eigenvalue weighted by Crippen LogP contribution is -2.65. The molecule has 5 heteroatoms. The average Bonchev–Trinajstić information content (AvgIpc) is 3.13. The molecule has 3 atom stereocenters. The number of rotatable bonds is 7. The van der Waals surface area contributed by atoms with Gasteiger partial charge in [0.05, 0.1) is 12.1 Å². The number of halogens is 1. The van der Waals surface area contributed by atoms with Gasteiger partial charge in [0.15, 0.2) is 0 Å². The lowest BCUT2D eigenvalue weighted by Gasteiger charge is -2.55. The predicted molar refractivity (Wildman–Crippen MR) is 95.6 cm³/mol. The van der Waals surface area contributed by atoms with Crippen molar-refractivity contribution >= 4 is 5.91 Å². The molecule has 0 aliphatic heterocycles. The number of benzene rings is 1. The highest BCUT2D eigenvalue weighted by Crippen LogP contribution is 2.54. The number of carbonyl (C=O) groups excluding carboxylic acids is 1. The zero-order valence-corrected chi connectivity index (χ0v) is 15.2. The van der Waals surface area contributed by atoms with Crippen LogP contribution in [0, 0.1) is 11.2 Å². The normalized spacial score (nSPS) is 25.6. The Morgan fingerprint density at radius 3 is 2.64 bits per heavy atom. The van der Waals surface area contributed by atoms with Gasteiger partial charge in [0.2, 0.25) is 5.91 Å². The number of amides is 1. The molecule has 25 heavy (non-hydrogen) atoms. The van der Waals surface area contributed by atoms with Crippen LogP contribution < -0.4 is 10.6 Å². The van der Waals surface area contributed by atoms with E-state index in [2.05, 4.69) is 17.6 Å². The molecule has 0 saturated heterocycles. The van der Waals surface area contributed by atoms with Crippen molar-refractivity contribution in [3.8, 4) is 0 Å². The molecule has 138 valence electrons. The Balaban J connectivity index is 1.50. The smallest absolute Gasteiger partial charge is 0.237 e. The molecule has 2 aliphatic carbocycles. The molecule has 1 aromatic rings. The zero-order valence-electron chi connectivity index (χ0n) is 15.2. The van der Waals surface area contributed by atoms with Gasteiger partial charge in [0.25, 0.3) is 0 Å². The highest BCUT2D eigenvalue weighted by atomic mass is 19.1. The van der Waals surface area contributed by atoms with E-state index in [1.165, 1.54) is 37.8 Å². The van der Waals surface area contributed by atoms with E-state index < -0.39 is 0 Å². The molecule has 2 saturated carbocycles. The van der Waals surface area contributed by atoms with Crippen LogP contribution in [-0.4, -0.2) is 30.7 Å². The first-order valence-corrected chi connectivity index (χ1v) is 9.45. The summed E-state index contributed by atoms with van der Waals surface area (Å²) in [5.74, 6) is -0.279. The van der Waals surface area contributed by atoms with Crippen molar-refractivity contribution in [2.45, 2.75) is 70.7 Å². The molecule has 0 heterocycles. The minimum Gasteiger partial charge on any atom is -0.378 e. The van der Waals surface area contributed by atoms with E-state index in [4.69, 9.17) is 4.74 Å². The molecule has 0 aromatic heterocycles. The van der Waals surface area contributed by atoms with Crippen molar-refractivity contribution in [3.63, 3.8) is 0 Å². The number of carbonyl (C=O) groups is 1. The van der Waals surface area contributed by atoms with Gasteiger partial charge in [-0.1, -0.05) is 25.0 Å². The van der Waals surface area contributed by atoms with Gasteiger partial charge in [-0.25, -0.2) is 4.39 Å². The fourth-order valence-electron chi connectivity index (χ4n) is 4.44. The van der Waals surface area contributed by atoms with Crippen LogP contribution in [0.4, 0.5) is 4.39 Å². The Morgan fingerprint density at radius 2 is 2.00 bits per heavy atom. The minimum absolute atomic E-state index is 0.0164. The first-order valence-electron chi connectivity index (χ1n) is 9.45. The first kappa shape index (κ1) is 18.3. The second-order valence-corrected chi connectivity index (χ2v) is 7.41. The lowest BCUT2D eigenvalue weighted by molar-refractivity contribution is -0.138. The molecule has 0 unspecified atom stereocenters. The maximum absolute atomic E-state index is 12.9. The molecule has 1 amide bonds. The number of ether oxygens (including phenoxy) is 1. The summed E-state index contributed by atoms with van der Waals surface area (Å²) in [7, 11) is 0. The van der Waals surface area contributed by atoms with Crippen molar-refractivity contribution in [1.29, 1.82) is 0 Å². The van der Waals surface area contributed by atoms with Crippen LogP contribution in [0.15, 0.2) is 24.3 Å². The molecular formula is C20H29FN2O2. The Bertz CT molecular complexity index is 584. The molecule has 3 rings (SSSR count). The van der Waals surface area contributed by atoms with Gasteiger partial charge >= 0.3 is 0 Å². The maximum Gasteiger partial charge on any atom is 0.237 e. The summed E-state index contributed by atoms with van der Waals surface area (Å²) < 4.78 is 18.9. The zero-order chi connectivity index (χ0) is 17.9. The van der Waals surface area contributed by atoms with Crippen molar-refractivity contribution in [2.75, 3.05) is 6.61 Å². The first-order chi connectivity index (χ1) is 12.0. The summed E-state index contributed by atoms with van der Waals surface area (Å²) in [5.41, 5.74) is 1.12. The molecule has 1 aromatic carbocycles. The number of hydrogen-bond donors (Lipinski definition) is 2. The van der Waals surface area contributed by atoms with E-state index in [0.29, 0.717) is 18.7 Å². The fourth-order valence-corrected chi connectivity index (χ4v) is 4.44. The van der Waals surface area contributed by atoms with Gasteiger partial charge in [0.1, 0.15) is 5.82 Å². The molecule has 0 radical (unpaired) electrons. The van der Waals surface area contributed by atoms with Crippen molar-refractivity contribution in [2.24, 2.45) is 5.41 Å². The van der Waals surface area contributed by atoms with E-state index >= 15 is 0 Å². The Morgan fingerprint density at radius 1 is 1.32 bits per heavy atom. The largest absolute Gasteiger partial charge is 0.378 e. The van der Waals surface area contributed by atoms with Crippen LogP contribution in [0.3, 0.4) is 0 Å². The number of hydrogen-bond acceptors (Lipinski definition) is 3. The minimum atomic E-state index is -0.263. The highest BCUT2D eigenvalue weighted by molar-refractivity contribution is 5.81. The standard InChI is InChI=1S/C20H29FN2O2/c1-3-25-18-12-17(20(18)10-4-5-11-20)23-14(2)19(24)22-13-15-6-8-16(21)9-7-15/h6-9,14,17-18,23H,3-5,10-13H2,1-2H3,(H,22,24)/t14-,17-,18-/m1/s1. The van der Waals surface area contributed by atoms with E-state index in [9.17, 15) is 9.18 Å². The lowest BCUT2D eigenvalue weighted by atomic mass is 9.60. The highest BCUT2D eigenvalue weighted by Gasteiger charge is 2.56. The van der Waals surface area contributed by atoms with Crippen LogP contribution in [0.2, 0.25) is 0 Å². The van der Waals surface area contributed by atoms with Gasteiger partial charge in [-0.15, -0.1) is 0 Å². The Kier molecular flexibility index (Phi) is 5.74.